The highest BCUT2D eigenvalue weighted by Crippen LogP contribution is 2.24. The highest BCUT2D eigenvalue weighted by atomic mass is 79.9. The van der Waals surface area contributed by atoms with E-state index in [0.29, 0.717) is 0 Å². The monoisotopic (exact) mass is 248 g/mol. The van der Waals surface area contributed by atoms with Crippen LogP contribution in [0.2, 0.25) is 0 Å². The molecule has 2 aromatic rings. The van der Waals surface area contributed by atoms with Gasteiger partial charge in [0, 0.05) is 21.9 Å². The summed E-state index contributed by atoms with van der Waals surface area (Å²) in [6, 6.07) is 11.6. The van der Waals surface area contributed by atoms with Crippen molar-refractivity contribution in [2.75, 3.05) is 5.73 Å². The van der Waals surface area contributed by atoms with E-state index in [-0.39, 0.29) is 0 Å². The normalized spacial score (nSPS) is 10.1. The first kappa shape index (κ1) is 9.21. The van der Waals surface area contributed by atoms with E-state index in [1.165, 1.54) is 0 Å². The number of anilines is 1. The Labute approximate surface area is 90.9 Å². The molecular formula is C11H9BrN2. The number of nitrogens with two attached hydrogens (primary N) is 1. The predicted molar refractivity (Wildman–Crippen MR) is 61.8 cm³/mol. The van der Waals surface area contributed by atoms with Gasteiger partial charge in [-0.25, -0.2) is 0 Å². The van der Waals surface area contributed by atoms with E-state index in [0.717, 1.165) is 21.4 Å². The fraction of sp³-hybridized carbons (Fsp3) is 0. The van der Waals surface area contributed by atoms with Crippen LogP contribution >= 0.6 is 15.9 Å². The van der Waals surface area contributed by atoms with E-state index in [4.69, 9.17) is 5.73 Å². The second kappa shape index (κ2) is 3.80. The van der Waals surface area contributed by atoms with Gasteiger partial charge in [0.2, 0.25) is 0 Å². The first-order valence-electron chi connectivity index (χ1n) is 4.23. The molecule has 0 spiro atoms. The van der Waals surface area contributed by atoms with Gasteiger partial charge in [0.1, 0.15) is 0 Å². The Morgan fingerprint density at radius 1 is 1.14 bits per heavy atom. The highest BCUT2D eigenvalue weighted by Gasteiger charge is 2.00. The second-order valence-electron chi connectivity index (χ2n) is 2.99. The van der Waals surface area contributed by atoms with Crippen molar-refractivity contribution in [3.05, 3.63) is 47.1 Å². The van der Waals surface area contributed by atoms with Gasteiger partial charge < -0.3 is 5.73 Å². The summed E-state index contributed by atoms with van der Waals surface area (Å²) in [4.78, 5) is 4.25. The minimum Gasteiger partial charge on any atom is -0.399 e. The van der Waals surface area contributed by atoms with Crippen LogP contribution in [0, 0.1) is 0 Å². The summed E-state index contributed by atoms with van der Waals surface area (Å²) in [5, 5.41) is 0. The van der Waals surface area contributed by atoms with E-state index in [1.807, 2.05) is 36.4 Å². The third kappa shape index (κ3) is 1.93. The van der Waals surface area contributed by atoms with Crippen LogP contribution in [-0.2, 0) is 0 Å². The molecule has 0 amide bonds. The van der Waals surface area contributed by atoms with Crippen LogP contribution in [0.25, 0.3) is 11.3 Å². The standard InChI is InChI=1S/C11H9BrN2/c12-9-5-8(6-10(13)7-9)11-3-1-2-4-14-11/h1-7H,13H2. The van der Waals surface area contributed by atoms with Gasteiger partial charge >= 0.3 is 0 Å². The van der Waals surface area contributed by atoms with Crippen molar-refractivity contribution in [1.82, 2.24) is 4.98 Å². The fourth-order valence-electron chi connectivity index (χ4n) is 1.29. The summed E-state index contributed by atoms with van der Waals surface area (Å²) in [5.41, 5.74) is 8.43. The van der Waals surface area contributed by atoms with E-state index < -0.39 is 0 Å². The van der Waals surface area contributed by atoms with Gasteiger partial charge in [-0.05, 0) is 30.3 Å². The van der Waals surface area contributed by atoms with E-state index in [1.54, 1.807) is 6.20 Å². The minimum absolute atomic E-state index is 0.736. The zero-order valence-electron chi connectivity index (χ0n) is 7.44. The summed E-state index contributed by atoms with van der Waals surface area (Å²) < 4.78 is 0.971. The van der Waals surface area contributed by atoms with Crippen molar-refractivity contribution < 1.29 is 0 Å². The Hall–Kier alpha value is -1.35. The van der Waals surface area contributed by atoms with Crippen LogP contribution in [-0.4, -0.2) is 4.98 Å². The molecule has 0 aliphatic rings. The molecule has 2 rings (SSSR count). The summed E-state index contributed by atoms with van der Waals surface area (Å²) in [7, 11) is 0. The molecule has 0 radical (unpaired) electrons. The Kier molecular flexibility index (Phi) is 2.50. The Morgan fingerprint density at radius 2 is 2.00 bits per heavy atom. The molecule has 1 aromatic carbocycles. The average Bonchev–Trinajstić information content (AvgIpc) is 2.18. The van der Waals surface area contributed by atoms with E-state index in [9.17, 15) is 0 Å². The zero-order chi connectivity index (χ0) is 9.97. The molecular weight excluding hydrogens is 240 g/mol. The molecule has 0 atom stereocenters. The van der Waals surface area contributed by atoms with Gasteiger partial charge in [-0.3, -0.25) is 4.98 Å². The summed E-state index contributed by atoms with van der Waals surface area (Å²) in [5.74, 6) is 0. The molecule has 0 saturated heterocycles. The average molecular weight is 249 g/mol. The molecule has 0 aliphatic heterocycles. The van der Waals surface area contributed by atoms with Crippen molar-refractivity contribution in [3.63, 3.8) is 0 Å². The first-order chi connectivity index (χ1) is 6.75. The number of nitrogen functional groups attached to an aromatic ring is 1. The fourth-order valence-corrected chi connectivity index (χ4v) is 1.80. The van der Waals surface area contributed by atoms with Crippen LogP contribution in [0.15, 0.2) is 47.1 Å². The topological polar surface area (TPSA) is 38.9 Å². The molecule has 0 bridgehead atoms. The van der Waals surface area contributed by atoms with Gasteiger partial charge in [-0.1, -0.05) is 22.0 Å². The third-order valence-corrected chi connectivity index (χ3v) is 2.34. The zero-order valence-corrected chi connectivity index (χ0v) is 9.03. The lowest BCUT2D eigenvalue weighted by molar-refractivity contribution is 1.32. The van der Waals surface area contributed by atoms with E-state index in [2.05, 4.69) is 20.9 Å². The van der Waals surface area contributed by atoms with Crippen LogP contribution in [0.5, 0.6) is 0 Å². The SMILES string of the molecule is Nc1cc(Br)cc(-c2ccccn2)c1. The third-order valence-electron chi connectivity index (χ3n) is 1.88. The quantitative estimate of drug-likeness (QED) is 0.788. The lowest BCUT2D eigenvalue weighted by atomic mass is 10.1. The maximum atomic E-state index is 5.74. The smallest absolute Gasteiger partial charge is 0.0703 e. The van der Waals surface area contributed by atoms with Crippen LogP contribution in [0.1, 0.15) is 0 Å². The lowest BCUT2D eigenvalue weighted by Crippen LogP contribution is -1.87. The molecule has 0 fully saturated rings. The van der Waals surface area contributed by atoms with Gasteiger partial charge in [0.05, 0.1) is 5.69 Å². The lowest BCUT2D eigenvalue weighted by Gasteiger charge is -2.02. The second-order valence-corrected chi connectivity index (χ2v) is 3.90. The van der Waals surface area contributed by atoms with Crippen molar-refractivity contribution in [2.24, 2.45) is 0 Å². The molecule has 3 heteroatoms. The number of aromatic nitrogens is 1. The number of halogens is 1. The van der Waals surface area contributed by atoms with Crippen molar-refractivity contribution in [1.29, 1.82) is 0 Å². The van der Waals surface area contributed by atoms with Gasteiger partial charge in [0.25, 0.3) is 0 Å². The van der Waals surface area contributed by atoms with E-state index >= 15 is 0 Å². The van der Waals surface area contributed by atoms with Crippen molar-refractivity contribution in [2.45, 2.75) is 0 Å². The maximum absolute atomic E-state index is 5.74. The number of benzene rings is 1. The van der Waals surface area contributed by atoms with Gasteiger partial charge in [0.15, 0.2) is 0 Å². The maximum Gasteiger partial charge on any atom is 0.0703 e. The van der Waals surface area contributed by atoms with Crippen molar-refractivity contribution in [3.8, 4) is 11.3 Å². The largest absolute Gasteiger partial charge is 0.399 e. The van der Waals surface area contributed by atoms with Crippen molar-refractivity contribution >= 4 is 21.6 Å². The molecule has 14 heavy (non-hydrogen) atoms. The molecule has 1 aromatic heterocycles. The molecule has 2 nitrogen and oxygen atoms in total. The number of pyridine rings is 1. The van der Waals surface area contributed by atoms with Crippen LogP contribution in [0.4, 0.5) is 5.69 Å². The molecule has 70 valence electrons. The number of hydrogen-bond donors (Lipinski definition) is 1. The molecule has 1 heterocycles. The number of hydrogen-bond acceptors (Lipinski definition) is 2. The molecule has 0 unspecified atom stereocenters. The van der Waals surface area contributed by atoms with Gasteiger partial charge in [-0.2, -0.15) is 0 Å². The molecule has 2 N–H and O–H groups in total. The number of nitrogens with zero attached hydrogens (tertiary/aromatic N) is 1. The summed E-state index contributed by atoms with van der Waals surface area (Å²) in [6.07, 6.45) is 1.77. The Bertz CT molecular complexity index is 420. The van der Waals surface area contributed by atoms with Gasteiger partial charge in [-0.15, -0.1) is 0 Å². The van der Waals surface area contributed by atoms with Crippen LogP contribution < -0.4 is 5.73 Å². The minimum atomic E-state index is 0.736. The first-order valence-corrected chi connectivity index (χ1v) is 5.02. The highest BCUT2D eigenvalue weighted by molar-refractivity contribution is 9.10. The summed E-state index contributed by atoms with van der Waals surface area (Å²) >= 11 is 3.40. The Balaban J connectivity index is 2.52. The van der Waals surface area contributed by atoms with Crippen LogP contribution in [0.3, 0.4) is 0 Å². The Morgan fingerprint density at radius 3 is 2.64 bits per heavy atom. The predicted octanol–water partition coefficient (Wildman–Crippen LogP) is 3.09. The molecule has 0 saturated carbocycles. The number of rotatable bonds is 1. The summed E-state index contributed by atoms with van der Waals surface area (Å²) in [6.45, 7) is 0. The molecule has 0 aliphatic carbocycles.